The van der Waals surface area contributed by atoms with Gasteiger partial charge in [-0.3, -0.25) is 4.99 Å². The van der Waals surface area contributed by atoms with Gasteiger partial charge in [-0.05, 0) is 12.8 Å². The zero-order valence-electron chi connectivity index (χ0n) is 6.21. The molecule has 0 aromatic carbocycles. The quantitative estimate of drug-likeness (QED) is 0.650. The van der Waals surface area contributed by atoms with Gasteiger partial charge in [-0.15, -0.1) is 11.8 Å². The van der Waals surface area contributed by atoms with E-state index in [9.17, 15) is 0 Å². The summed E-state index contributed by atoms with van der Waals surface area (Å²) in [6.45, 7) is 2.21. The summed E-state index contributed by atoms with van der Waals surface area (Å²) in [7, 11) is 0. The van der Waals surface area contributed by atoms with Crippen LogP contribution in [0.25, 0.3) is 0 Å². The lowest BCUT2D eigenvalue weighted by Gasteiger charge is -1.94. The average Bonchev–Trinajstić information content (AvgIpc) is 2.31. The first-order valence-corrected chi connectivity index (χ1v) is 5.20. The molecule has 1 aliphatic heterocycles. The van der Waals surface area contributed by atoms with E-state index in [1.165, 1.54) is 17.9 Å². The smallest absolute Gasteiger partial charge is 0.103 e. The van der Waals surface area contributed by atoms with Crippen molar-refractivity contribution in [3.05, 3.63) is 0 Å². The zero-order valence-corrected chi connectivity index (χ0v) is 7.92. The molecule has 0 aromatic heterocycles. The molecule has 0 amide bonds. The fourth-order valence-electron chi connectivity index (χ4n) is 0.876. The van der Waals surface area contributed by atoms with E-state index in [1.807, 2.05) is 11.8 Å². The zero-order chi connectivity index (χ0) is 7.40. The molecule has 1 heterocycles. The molecule has 1 aliphatic rings. The lowest BCUT2D eigenvalue weighted by atomic mass is 10.3. The second-order valence-electron chi connectivity index (χ2n) is 2.42. The highest BCUT2D eigenvalue weighted by molar-refractivity contribution is 8.14. The van der Waals surface area contributed by atoms with Crippen molar-refractivity contribution in [1.82, 2.24) is 0 Å². The minimum Gasteiger partial charge on any atom is -0.268 e. The van der Waals surface area contributed by atoms with E-state index < -0.39 is 0 Å². The number of hydrogen-bond donors (Lipinski definition) is 1. The first-order valence-electron chi connectivity index (χ1n) is 3.70. The third kappa shape index (κ3) is 2.54. The van der Waals surface area contributed by atoms with Gasteiger partial charge >= 0.3 is 0 Å². The highest BCUT2D eigenvalue weighted by Gasteiger charge is 2.12. The molecular weight excluding hydrogens is 162 g/mol. The van der Waals surface area contributed by atoms with Crippen LogP contribution in [0, 0.1) is 0 Å². The first kappa shape index (κ1) is 8.47. The Kier molecular flexibility index (Phi) is 3.63. The molecule has 1 nitrogen and oxygen atoms in total. The first-order chi connectivity index (χ1) is 4.83. The van der Waals surface area contributed by atoms with Crippen LogP contribution in [-0.4, -0.2) is 16.2 Å². The summed E-state index contributed by atoms with van der Waals surface area (Å²) in [6.07, 6.45) is 3.70. The summed E-state index contributed by atoms with van der Waals surface area (Å²) in [5.41, 5.74) is 0. The third-order valence-corrected chi connectivity index (χ3v) is 3.11. The van der Waals surface area contributed by atoms with Crippen LogP contribution < -0.4 is 0 Å². The lowest BCUT2D eigenvalue weighted by molar-refractivity contribution is 0.838. The SMILES string of the molecule is CCCCC1=NC(S)CS1. The van der Waals surface area contributed by atoms with Gasteiger partial charge in [-0.1, -0.05) is 13.3 Å². The Morgan fingerprint density at radius 1 is 1.80 bits per heavy atom. The van der Waals surface area contributed by atoms with E-state index in [1.54, 1.807) is 0 Å². The van der Waals surface area contributed by atoms with Gasteiger partial charge in [0, 0.05) is 5.75 Å². The molecule has 0 spiro atoms. The summed E-state index contributed by atoms with van der Waals surface area (Å²) in [5, 5.41) is 1.58. The van der Waals surface area contributed by atoms with Crippen molar-refractivity contribution in [2.24, 2.45) is 4.99 Å². The number of rotatable bonds is 3. The maximum atomic E-state index is 4.37. The van der Waals surface area contributed by atoms with Gasteiger partial charge < -0.3 is 0 Å². The van der Waals surface area contributed by atoms with Gasteiger partial charge in [-0.2, -0.15) is 12.6 Å². The third-order valence-electron chi connectivity index (χ3n) is 1.44. The van der Waals surface area contributed by atoms with E-state index in [-0.39, 0.29) is 5.37 Å². The lowest BCUT2D eigenvalue weighted by Crippen LogP contribution is -1.88. The molecule has 1 atom stereocenters. The van der Waals surface area contributed by atoms with Crippen molar-refractivity contribution in [3.63, 3.8) is 0 Å². The summed E-state index contributed by atoms with van der Waals surface area (Å²) >= 11 is 6.13. The molecule has 3 heteroatoms. The Morgan fingerprint density at radius 3 is 3.10 bits per heavy atom. The number of thiol groups is 1. The van der Waals surface area contributed by atoms with Crippen LogP contribution in [0.4, 0.5) is 0 Å². The highest BCUT2D eigenvalue weighted by atomic mass is 32.2. The molecule has 0 saturated carbocycles. The Bertz CT molecular complexity index is 134. The van der Waals surface area contributed by atoms with E-state index in [2.05, 4.69) is 24.5 Å². The molecule has 0 aromatic rings. The van der Waals surface area contributed by atoms with Crippen LogP contribution in [0.3, 0.4) is 0 Å². The number of nitrogens with zero attached hydrogens (tertiary/aromatic N) is 1. The van der Waals surface area contributed by atoms with E-state index in [4.69, 9.17) is 0 Å². The van der Waals surface area contributed by atoms with Crippen molar-refractivity contribution in [2.75, 3.05) is 5.75 Å². The largest absolute Gasteiger partial charge is 0.268 e. The monoisotopic (exact) mass is 175 g/mol. The van der Waals surface area contributed by atoms with E-state index >= 15 is 0 Å². The van der Waals surface area contributed by atoms with Crippen molar-refractivity contribution in [3.8, 4) is 0 Å². The normalized spacial score (nSPS) is 25.0. The standard InChI is InChI=1S/C7H13NS2/c1-2-3-4-7-8-6(9)5-10-7/h6,9H,2-5H2,1H3. The molecule has 58 valence electrons. The predicted molar refractivity (Wildman–Crippen MR) is 52.2 cm³/mol. The fourth-order valence-corrected chi connectivity index (χ4v) is 2.22. The molecule has 0 aliphatic carbocycles. The number of hydrogen-bond acceptors (Lipinski definition) is 3. The summed E-state index contributed by atoms with van der Waals surface area (Å²) in [5.74, 6) is 1.07. The highest BCUT2D eigenvalue weighted by Crippen LogP contribution is 2.23. The molecule has 1 rings (SSSR count). The van der Waals surface area contributed by atoms with Gasteiger partial charge in [0.1, 0.15) is 5.37 Å². The van der Waals surface area contributed by atoms with Gasteiger partial charge in [0.05, 0.1) is 5.04 Å². The Hall–Kier alpha value is 0.370. The maximum absolute atomic E-state index is 4.37. The second-order valence-corrected chi connectivity index (χ2v) is 4.11. The minimum absolute atomic E-state index is 0.275. The molecule has 10 heavy (non-hydrogen) atoms. The van der Waals surface area contributed by atoms with E-state index in [0.717, 1.165) is 12.2 Å². The summed E-state index contributed by atoms with van der Waals surface area (Å²) in [6, 6.07) is 0. The molecule has 1 unspecified atom stereocenters. The molecule has 0 N–H and O–H groups in total. The van der Waals surface area contributed by atoms with Crippen LogP contribution in [0.1, 0.15) is 26.2 Å². The van der Waals surface area contributed by atoms with Crippen molar-refractivity contribution < 1.29 is 0 Å². The van der Waals surface area contributed by atoms with Crippen LogP contribution in [0.5, 0.6) is 0 Å². The van der Waals surface area contributed by atoms with E-state index in [0.29, 0.717) is 0 Å². The Labute approximate surface area is 72.1 Å². The Morgan fingerprint density at radius 2 is 2.60 bits per heavy atom. The van der Waals surface area contributed by atoms with Crippen LogP contribution in [0.15, 0.2) is 4.99 Å². The topological polar surface area (TPSA) is 12.4 Å². The van der Waals surface area contributed by atoms with Gasteiger partial charge in [0.15, 0.2) is 0 Å². The van der Waals surface area contributed by atoms with Crippen LogP contribution in [-0.2, 0) is 0 Å². The molecule has 0 radical (unpaired) electrons. The number of thioether (sulfide) groups is 1. The Balaban J connectivity index is 2.22. The number of aliphatic imine (C=N–C) groups is 1. The van der Waals surface area contributed by atoms with Gasteiger partial charge in [0.25, 0.3) is 0 Å². The molecule has 0 fully saturated rings. The van der Waals surface area contributed by atoms with Crippen LogP contribution >= 0.6 is 24.4 Å². The molecule has 0 bridgehead atoms. The van der Waals surface area contributed by atoms with Crippen molar-refractivity contribution in [2.45, 2.75) is 31.6 Å². The minimum atomic E-state index is 0.275. The predicted octanol–water partition coefficient (Wildman–Crippen LogP) is 2.58. The van der Waals surface area contributed by atoms with Gasteiger partial charge in [-0.25, -0.2) is 0 Å². The van der Waals surface area contributed by atoms with Crippen molar-refractivity contribution in [1.29, 1.82) is 0 Å². The molecular formula is C7H13NS2. The summed E-state index contributed by atoms with van der Waals surface area (Å²) in [4.78, 5) is 4.37. The second kappa shape index (κ2) is 4.29. The fraction of sp³-hybridized carbons (Fsp3) is 0.857. The van der Waals surface area contributed by atoms with Gasteiger partial charge in [0.2, 0.25) is 0 Å². The number of unbranched alkanes of at least 4 members (excludes halogenated alkanes) is 1. The molecule has 0 saturated heterocycles. The average molecular weight is 175 g/mol. The van der Waals surface area contributed by atoms with Crippen molar-refractivity contribution >= 4 is 29.4 Å². The maximum Gasteiger partial charge on any atom is 0.103 e. The summed E-state index contributed by atoms with van der Waals surface area (Å²) < 4.78 is 0. The van der Waals surface area contributed by atoms with Crippen LogP contribution in [0.2, 0.25) is 0 Å².